The molecule has 1 saturated heterocycles. The number of carboxylic acids is 1. The van der Waals surface area contributed by atoms with E-state index in [9.17, 15) is 9.59 Å². The molecule has 0 saturated carbocycles. The van der Waals surface area contributed by atoms with Crippen molar-refractivity contribution in [2.45, 2.75) is 51.3 Å². The molecule has 0 aliphatic carbocycles. The minimum absolute atomic E-state index is 0.0493. The summed E-state index contributed by atoms with van der Waals surface area (Å²) in [4.78, 5) is 24.3. The van der Waals surface area contributed by atoms with Crippen molar-refractivity contribution in [3.05, 3.63) is 0 Å². The van der Waals surface area contributed by atoms with E-state index < -0.39 is 11.5 Å². The second-order valence-corrected chi connectivity index (χ2v) is 5.28. The van der Waals surface area contributed by atoms with Crippen molar-refractivity contribution >= 4 is 12.0 Å². The summed E-state index contributed by atoms with van der Waals surface area (Å²) in [6, 6.07) is -0.310. The fourth-order valence-corrected chi connectivity index (χ4v) is 1.80. The molecule has 2 amide bonds. The number of aliphatic carboxylic acids is 1. The van der Waals surface area contributed by atoms with Gasteiger partial charge in [-0.1, -0.05) is 0 Å². The van der Waals surface area contributed by atoms with E-state index in [1.54, 1.807) is 0 Å². The van der Waals surface area contributed by atoms with Crippen LogP contribution in [0.15, 0.2) is 0 Å². The van der Waals surface area contributed by atoms with Gasteiger partial charge < -0.3 is 20.1 Å². The Labute approximate surface area is 107 Å². The van der Waals surface area contributed by atoms with Crippen LogP contribution >= 0.6 is 0 Å². The third-order valence-electron chi connectivity index (χ3n) is 3.48. The van der Waals surface area contributed by atoms with Crippen LogP contribution in [-0.4, -0.2) is 53.3 Å². The van der Waals surface area contributed by atoms with Crippen molar-refractivity contribution in [1.29, 1.82) is 0 Å². The highest BCUT2D eigenvalue weighted by Crippen LogP contribution is 2.16. The van der Waals surface area contributed by atoms with Crippen LogP contribution in [0, 0.1) is 0 Å². The predicted octanol–water partition coefficient (Wildman–Crippen LogP) is 1.06. The predicted molar refractivity (Wildman–Crippen MR) is 66.4 cm³/mol. The molecule has 0 aromatic carbocycles. The molecule has 1 fully saturated rings. The van der Waals surface area contributed by atoms with Crippen LogP contribution in [0.1, 0.15) is 33.6 Å². The fourth-order valence-electron chi connectivity index (χ4n) is 1.80. The zero-order valence-electron chi connectivity index (χ0n) is 11.4. The molecule has 0 radical (unpaired) electrons. The fraction of sp³-hybridized carbons (Fsp3) is 0.833. The smallest absolute Gasteiger partial charge is 0.329 e. The first-order chi connectivity index (χ1) is 8.25. The summed E-state index contributed by atoms with van der Waals surface area (Å²) in [5.41, 5.74) is -1.22. The summed E-state index contributed by atoms with van der Waals surface area (Å²) in [5, 5.41) is 11.9. The molecule has 1 heterocycles. The van der Waals surface area contributed by atoms with Gasteiger partial charge in [0.2, 0.25) is 0 Å². The van der Waals surface area contributed by atoms with Gasteiger partial charge in [-0.2, -0.15) is 0 Å². The van der Waals surface area contributed by atoms with Gasteiger partial charge >= 0.3 is 12.0 Å². The van der Waals surface area contributed by atoms with Crippen LogP contribution in [0.3, 0.4) is 0 Å². The molecular formula is C12H22N2O4. The summed E-state index contributed by atoms with van der Waals surface area (Å²) in [6.07, 6.45) is 1.65. The molecule has 18 heavy (non-hydrogen) atoms. The van der Waals surface area contributed by atoms with Crippen molar-refractivity contribution in [1.82, 2.24) is 10.2 Å². The Balaban J connectivity index is 2.57. The van der Waals surface area contributed by atoms with Crippen LogP contribution in [0.2, 0.25) is 0 Å². The average molecular weight is 258 g/mol. The summed E-state index contributed by atoms with van der Waals surface area (Å²) < 4.78 is 5.40. The van der Waals surface area contributed by atoms with Crippen LogP contribution in [0.4, 0.5) is 4.79 Å². The number of carbonyl (C=O) groups is 2. The third-order valence-corrected chi connectivity index (χ3v) is 3.48. The van der Waals surface area contributed by atoms with Gasteiger partial charge in [-0.25, -0.2) is 9.59 Å². The number of likely N-dealkylation sites (N-methyl/N-ethyl adjacent to an activating group) is 1. The molecule has 0 spiro atoms. The zero-order chi connectivity index (χ0) is 13.9. The van der Waals surface area contributed by atoms with Gasteiger partial charge in [0.05, 0.1) is 6.10 Å². The van der Waals surface area contributed by atoms with Crippen molar-refractivity contribution < 1.29 is 19.4 Å². The van der Waals surface area contributed by atoms with Gasteiger partial charge in [0.25, 0.3) is 0 Å². The molecule has 1 aliphatic rings. The monoisotopic (exact) mass is 258 g/mol. The standard InChI is InChI=1S/C12H22N2O4/c1-8-7-9(5-6-18-8)13-11(17)14(4)12(2,3)10(15)16/h8-9H,5-7H2,1-4H3,(H,13,17)(H,15,16). The lowest BCUT2D eigenvalue weighted by atomic mass is 10.0. The molecule has 0 aromatic rings. The van der Waals surface area contributed by atoms with E-state index in [0.29, 0.717) is 6.61 Å². The third kappa shape index (κ3) is 3.35. The van der Waals surface area contributed by atoms with Crippen LogP contribution < -0.4 is 5.32 Å². The molecule has 2 atom stereocenters. The molecule has 6 heteroatoms. The van der Waals surface area contributed by atoms with Gasteiger partial charge in [0.1, 0.15) is 5.54 Å². The highest BCUT2D eigenvalue weighted by molar-refractivity contribution is 5.85. The van der Waals surface area contributed by atoms with Crippen molar-refractivity contribution in [3.63, 3.8) is 0 Å². The molecule has 2 unspecified atom stereocenters. The summed E-state index contributed by atoms with van der Waals surface area (Å²) in [6.45, 7) is 5.59. The number of amides is 2. The van der Waals surface area contributed by atoms with Gasteiger partial charge in [-0.3, -0.25) is 0 Å². The van der Waals surface area contributed by atoms with Gasteiger partial charge in [0.15, 0.2) is 0 Å². The number of carboxylic acid groups (broad SMARTS) is 1. The topological polar surface area (TPSA) is 78.9 Å². The lowest BCUT2D eigenvalue weighted by Crippen LogP contribution is -2.56. The second kappa shape index (κ2) is 5.56. The molecular weight excluding hydrogens is 236 g/mol. The number of hydrogen-bond acceptors (Lipinski definition) is 3. The number of nitrogens with one attached hydrogen (secondary N) is 1. The quantitative estimate of drug-likeness (QED) is 0.793. The number of carbonyl (C=O) groups excluding carboxylic acids is 1. The first-order valence-corrected chi connectivity index (χ1v) is 6.14. The number of urea groups is 1. The van der Waals surface area contributed by atoms with Crippen LogP contribution in [-0.2, 0) is 9.53 Å². The van der Waals surface area contributed by atoms with Crippen molar-refractivity contribution in [2.24, 2.45) is 0 Å². The van der Waals surface area contributed by atoms with Gasteiger partial charge in [-0.05, 0) is 33.6 Å². The van der Waals surface area contributed by atoms with Crippen molar-refractivity contribution in [3.8, 4) is 0 Å². The molecule has 1 aliphatic heterocycles. The average Bonchev–Trinajstić information content (AvgIpc) is 2.27. The lowest BCUT2D eigenvalue weighted by molar-refractivity contribution is -0.146. The Morgan fingerprint density at radius 1 is 1.44 bits per heavy atom. The maximum absolute atomic E-state index is 12.0. The highest BCUT2D eigenvalue weighted by Gasteiger charge is 2.36. The molecule has 2 N–H and O–H groups in total. The second-order valence-electron chi connectivity index (χ2n) is 5.28. The van der Waals surface area contributed by atoms with Crippen LogP contribution in [0.5, 0.6) is 0 Å². The molecule has 104 valence electrons. The van der Waals surface area contributed by atoms with E-state index in [0.717, 1.165) is 12.8 Å². The Morgan fingerprint density at radius 3 is 2.56 bits per heavy atom. The number of ether oxygens (including phenoxy) is 1. The Kier molecular flexibility index (Phi) is 4.56. The summed E-state index contributed by atoms with van der Waals surface area (Å²) in [5.74, 6) is -1.03. The largest absolute Gasteiger partial charge is 0.480 e. The first kappa shape index (κ1) is 14.8. The molecule has 0 bridgehead atoms. The van der Waals surface area contributed by atoms with E-state index in [4.69, 9.17) is 9.84 Å². The van der Waals surface area contributed by atoms with E-state index in [1.807, 2.05) is 6.92 Å². The number of hydrogen-bond donors (Lipinski definition) is 2. The van der Waals surface area contributed by atoms with Gasteiger partial charge in [-0.15, -0.1) is 0 Å². The first-order valence-electron chi connectivity index (χ1n) is 6.14. The molecule has 1 rings (SSSR count). The maximum atomic E-state index is 12.0. The number of nitrogens with zero attached hydrogens (tertiary/aromatic N) is 1. The normalized spacial score (nSPS) is 24.4. The lowest BCUT2D eigenvalue weighted by Gasteiger charge is -2.34. The maximum Gasteiger partial charge on any atom is 0.329 e. The minimum Gasteiger partial charge on any atom is -0.480 e. The van der Waals surface area contributed by atoms with Crippen molar-refractivity contribution in [2.75, 3.05) is 13.7 Å². The Hall–Kier alpha value is -1.30. The SMILES string of the molecule is CC1CC(NC(=O)N(C)C(C)(C)C(=O)O)CCO1. The summed E-state index contributed by atoms with van der Waals surface area (Å²) >= 11 is 0. The molecule has 0 aromatic heterocycles. The number of rotatable bonds is 3. The Morgan fingerprint density at radius 2 is 2.06 bits per heavy atom. The molecule has 6 nitrogen and oxygen atoms in total. The van der Waals surface area contributed by atoms with Gasteiger partial charge in [0, 0.05) is 19.7 Å². The summed E-state index contributed by atoms with van der Waals surface area (Å²) in [7, 11) is 1.49. The van der Waals surface area contributed by atoms with E-state index >= 15 is 0 Å². The van der Waals surface area contributed by atoms with E-state index in [1.165, 1.54) is 25.8 Å². The highest BCUT2D eigenvalue weighted by atomic mass is 16.5. The van der Waals surface area contributed by atoms with Crippen LogP contribution in [0.25, 0.3) is 0 Å². The van der Waals surface area contributed by atoms with E-state index in [-0.39, 0.29) is 18.2 Å². The van der Waals surface area contributed by atoms with E-state index in [2.05, 4.69) is 5.32 Å². The Bertz CT molecular complexity index is 330. The minimum atomic E-state index is -1.22. The zero-order valence-corrected chi connectivity index (χ0v) is 11.4.